The molecule has 0 bridgehead atoms. The van der Waals surface area contributed by atoms with Gasteiger partial charge in [0.15, 0.2) is 0 Å². The normalized spacial score (nSPS) is 10.2. The van der Waals surface area contributed by atoms with Gasteiger partial charge in [0, 0.05) is 5.69 Å². The number of nitrogen functional groups attached to an aromatic ring is 1. The molecule has 0 radical (unpaired) electrons. The summed E-state index contributed by atoms with van der Waals surface area (Å²) in [7, 11) is 0. The molecule has 2 rings (SSSR count). The Morgan fingerprint density at radius 2 is 1.67 bits per heavy atom. The number of anilines is 1. The van der Waals surface area contributed by atoms with Crippen molar-refractivity contribution in [2.24, 2.45) is 0 Å². The average molecular weight is 197 g/mol. The molecule has 0 aliphatic carbocycles. The molecular weight excluding hydrogens is 182 g/mol. The first-order valence-corrected chi connectivity index (χ1v) is 5.25. The maximum absolute atomic E-state index is 5.97. The highest BCUT2D eigenvalue weighted by molar-refractivity contribution is 5.68. The molecule has 2 aromatic rings. The van der Waals surface area contributed by atoms with E-state index >= 15 is 0 Å². The van der Waals surface area contributed by atoms with Gasteiger partial charge in [0.2, 0.25) is 0 Å². The molecule has 0 fully saturated rings. The van der Waals surface area contributed by atoms with Crippen LogP contribution in [0, 0.1) is 0 Å². The van der Waals surface area contributed by atoms with Crippen LogP contribution in [0.25, 0.3) is 11.1 Å². The molecule has 76 valence electrons. The van der Waals surface area contributed by atoms with Gasteiger partial charge in [-0.1, -0.05) is 49.4 Å². The molecule has 0 atom stereocenters. The SMILES string of the molecule is CCc1ccc(-c2ccccc2)cc1N. The van der Waals surface area contributed by atoms with E-state index in [2.05, 4.69) is 31.2 Å². The molecule has 0 spiro atoms. The van der Waals surface area contributed by atoms with Crippen molar-refractivity contribution in [1.82, 2.24) is 0 Å². The Hall–Kier alpha value is -1.76. The summed E-state index contributed by atoms with van der Waals surface area (Å²) in [6.07, 6.45) is 0.987. The highest BCUT2D eigenvalue weighted by Crippen LogP contribution is 2.23. The molecular formula is C14H15N. The number of aryl methyl sites for hydroxylation is 1. The van der Waals surface area contributed by atoms with Crippen molar-refractivity contribution in [2.75, 3.05) is 5.73 Å². The van der Waals surface area contributed by atoms with E-state index in [4.69, 9.17) is 5.73 Å². The molecule has 0 aliphatic rings. The van der Waals surface area contributed by atoms with E-state index in [1.807, 2.05) is 24.3 Å². The van der Waals surface area contributed by atoms with Crippen LogP contribution in [0.5, 0.6) is 0 Å². The predicted octanol–water partition coefficient (Wildman–Crippen LogP) is 3.50. The van der Waals surface area contributed by atoms with Crippen LogP contribution in [0.15, 0.2) is 48.5 Å². The molecule has 0 saturated carbocycles. The highest BCUT2D eigenvalue weighted by atomic mass is 14.6. The van der Waals surface area contributed by atoms with Crippen LogP contribution in [0.4, 0.5) is 5.69 Å². The topological polar surface area (TPSA) is 26.0 Å². The Bertz CT molecular complexity index is 446. The van der Waals surface area contributed by atoms with Crippen LogP contribution < -0.4 is 5.73 Å². The average Bonchev–Trinajstić information content (AvgIpc) is 2.30. The summed E-state index contributed by atoms with van der Waals surface area (Å²) >= 11 is 0. The molecule has 0 heterocycles. The molecule has 1 heteroatoms. The van der Waals surface area contributed by atoms with Gasteiger partial charge in [0.05, 0.1) is 0 Å². The van der Waals surface area contributed by atoms with E-state index in [0.717, 1.165) is 12.1 Å². The molecule has 0 saturated heterocycles. The van der Waals surface area contributed by atoms with Crippen molar-refractivity contribution >= 4 is 5.69 Å². The second kappa shape index (κ2) is 4.18. The third-order valence-corrected chi connectivity index (χ3v) is 2.63. The van der Waals surface area contributed by atoms with Gasteiger partial charge in [0.25, 0.3) is 0 Å². The van der Waals surface area contributed by atoms with Crippen LogP contribution >= 0.6 is 0 Å². The zero-order valence-corrected chi connectivity index (χ0v) is 8.90. The molecule has 0 unspecified atom stereocenters. The largest absolute Gasteiger partial charge is 0.398 e. The van der Waals surface area contributed by atoms with E-state index in [9.17, 15) is 0 Å². The van der Waals surface area contributed by atoms with E-state index in [1.165, 1.54) is 16.7 Å². The molecule has 0 amide bonds. The molecule has 1 nitrogen and oxygen atoms in total. The van der Waals surface area contributed by atoms with Crippen molar-refractivity contribution in [3.63, 3.8) is 0 Å². The lowest BCUT2D eigenvalue weighted by atomic mass is 10.0. The zero-order chi connectivity index (χ0) is 10.7. The Balaban J connectivity index is 2.43. The molecule has 15 heavy (non-hydrogen) atoms. The zero-order valence-electron chi connectivity index (χ0n) is 8.90. The third kappa shape index (κ3) is 2.01. The van der Waals surface area contributed by atoms with Gasteiger partial charge in [0.1, 0.15) is 0 Å². The lowest BCUT2D eigenvalue weighted by Crippen LogP contribution is -1.92. The summed E-state index contributed by atoms with van der Waals surface area (Å²) in [6, 6.07) is 16.6. The van der Waals surface area contributed by atoms with Crippen LogP contribution in [-0.2, 0) is 6.42 Å². The van der Waals surface area contributed by atoms with Crippen molar-refractivity contribution in [3.8, 4) is 11.1 Å². The fourth-order valence-corrected chi connectivity index (χ4v) is 1.73. The van der Waals surface area contributed by atoms with Crippen LogP contribution in [0.1, 0.15) is 12.5 Å². The van der Waals surface area contributed by atoms with E-state index in [1.54, 1.807) is 0 Å². The summed E-state index contributed by atoms with van der Waals surface area (Å²) in [5.74, 6) is 0. The van der Waals surface area contributed by atoms with E-state index < -0.39 is 0 Å². The van der Waals surface area contributed by atoms with Gasteiger partial charge < -0.3 is 5.73 Å². The highest BCUT2D eigenvalue weighted by Gasteiger charge is 2.00. The minimum atomic E-state index is 0.888. The van der Waals surface area contributed by atoms with Crippen molar-refractivity contribution in [1.29, 1.82) is 0 Å². The minimum absolute atomic E-state index is 0.888. The smallest absolute Gasteiger partial charge is 0.0352 e. The van der Waals surface area contributed by atoms with Gasteiger partial charge in [-0.3, -0.25) is 0 Å². The predicted molar refractivity (Wildman–Crippen MR) is 65.7 cm³/mol. The van der Waals surface area contributed by atoms with Crippen molar-refractivity contribution < 1.29 is 0 Å². The number of benzene rings is 2. The summed E-state index contributed by atoms with van der Waals surface area (Å²) < 4.78 is 0. The number of nitrogens with two attached hydrogens (primary N) is 1. The van der Waals surface area contributed by atoms with Crippen molar-refractivity contribution in [2.45, 2.75) is 13.3 Å². The Labute approximate surface area is 90.6 Å². The van der Waals surface area contributed by atoms with Gasteiger partial charge in [-0.05, 0) is 29.2 Å². The first kappa shape index (κ1) is 9.78. The lowest BCUT2D eigenvalue weighted by molar-refractivity contribution is 1.14. The first-order chi connectivity index (χ1) is 7.31. The van der Waals surface area contributed by atoms with Gasteiger partial charge in [-0.2, -0.15) is 0 Å². The fraction of sp³-hybridized carbons (Fsp3) is 0.143. The van der Waals surface area contributed by atoms with Crippen LogP contribution in [0.2, 0.25) is 0 Å². The number of rotatable bonds is 2. The summed E-state index contributed by atoms with van der Waals surface area (Å²) in [5, 5.41) is 0. The van der Waals surface area contributed by atoms with Gasteiger partial charge in [-0.15, -0.1) is 0 Å². The van der Waals surface area contributed by atoms with Crippen LogP contribution in [0.3, 0.4) is 0 Å². The second-order valence-electron chi connectivity index (χ2n) is 3.63. The van der Waals surface area contributed by atoms with Gasteiger partial charge in [-0.25, -0.2) is 0 Å². The molecule has 2 aromatic carbocycles. The third-order valence-electron chi connectivity index (χ3n) is 2.63. The number of hydrogen-bond donors (Lipinski definition) is 1. The van der Waals surface area contributed by atoms with Crippen LogP contribution in [-0.4, -0.2) is 0 Å². The Morgan fingerprint density at radius 1 is 0.933 bits per heavy atom. The second-order valence-corrected chi connectivity index (χ2v) is 3.63. The monoisotopic (exact) mass is 197 g/mol. The van der Waals surface area contributed by atoms with E-state index in [-0.39, 0.29) is 0 Å². The first-order valence-electron chi connectivity index (χ1n) is 5.25. The molecule has 2 N–H and O–H groups in total. The van der Waals surface area contributed by atoms with Gasteiger partial charge >= 0.3 is 0 Å². The minimum Gasteiger partial charge on any atom is -0.398 e. The standard InChI is InChI=1S/C14H15N/c1-2-11-8-9-13(10-14(11)15)12-6-4-3-5-7-12/h3-10H,2,15H2,1H3. The molecule has 0 aromatic heterocycles. The number of hydrogen-bond acceptors (Lipinski definition) is 1. The maximum Gasteiger partial charge on any atom is 0.0352 e. The van der Waals surface area contributed by atoms with E-state index in [0.29, 0.717) is 0 Å². The van der Waals surface area contributed by atoms with Crippen molar-refractivity contribution in [3.05, 3.63) is 54.1 Å². The molecule has 0 aliphatic heterocycles. The summed E-state index contributed by atoms with van der Waals surface area (Å²) in [4.78, 5) is 0. The fourth-order valence-electron chi connectivity index (χ4n) is 1.73. The Morgan fingerprint density at radius 3 is 2.27 bits per heavy atom. The Kier molecular flexibility index (Phi) is 2.72. The maximum atomic E-state index is 5.97. The quantitative estimate of drug-likeness (QED) is 0.733. The summed E-state index contributed by atoms with van der Waals surface area (Å²) in [6.45, 7) is 2.12. The lowest BCUT2D eigenvalue weighted by Gasteiger charge is -2.06. The summed E-state index contributed by atoms with van der Waals surface area (Å²) in [5.41, 5.74) is 10.5.